The first-order valence-corrected chi connectivity index (χ1v) is 7.66. The first-order valence-electron chi connectivity index (χ1n) is 7.66. The molecule has 3 aliphatic carbocycles. The van der Waals surface area contributed by atoms with Crippen LogP contribution in [0.2, 0.25) is 0 Å². The van der Waals surface area contributed by atoms with E-state index in [2.05, 4.69) is 6.08 Å². The molecule has 1 saturated heterocycles. The molecule has 0 amide bonds. The molecule has 4 aliphatic rings. The quantitative estimate of drug-likeness (QED) is 0.382. The summed E-state index contributed by atoms with van der Waals surface area (Å²) < 4.78 is 5.17. The zero-order valence-electron chi connectivity index (χ0n) is 11.2. The van der Waals surface area contributed by atoms with Crippen molar-refractivity contribution in [1.82, 2.24) is 0 Å². The standard InChI is InChI=1S/C16H20O3/c17-13-15-8-3-4-9-16(15,14(18)19-13)12-6-2-1-5-11(12)7-10-15/h7,12H,1-6,8-10H2. The van der Waals surface area contributed by atoms with Crippen LogP contribution >= 0.6 is 0 Å². The van der Waals surface area contributed by atoms with E-state index < -0.39 is 10.8 Å². The lowest BCUT2D eigenvalue weighted by Gasteiger charge is -2.52. The van der Waals surface area contributed by atoms with Crippen LogP contribution in [-0.4, -0.2) is 11.9 Å². The molecule has 0 aromatic carbocycles. The lowest BCUT2D eigenvalue weighted by atomic mass is 9.46. The second-order valence-electron chi connectivity index (χ2n) is 6.72. The third kappa shape index (κ3) is 1.20. The molecule has 0 bridgehead atoms. The van der Waals surface area contributed by atoms with Gasteiger partial charge < -0.3 is 4.74 Å². The Hall–Kier alpha value is -1.12. The maximum Gasteiger partial charge on any atom is 0.321 e. The third-order valence-electron chi connectivity index (χ3n) is 6.18. The largest absolute Gasteiger partial charge is 0.392 e. The van der Waals surface area contributed by atoms with Gasteiger partial charge in [-0.3, -0.25) is 9.59 Å². The lowest BCUT2D eigenvalue weighted by molar-refractivity contribution is -0.156. The van der Waals surface area contributed by atoms with Crippen LogP contribution in [0.15, 0.2) is 11.6 Å². The average Bonchev–Trinajstić information content (AvgIpc) is 2.69. The molecule has 0 aromatic rings. The van der Waals surface area contributed by atoms with Crippen molar-refractivity contribution in [3.63, 3.8) is 0 Å². The van der Waals surface area contributed by atoms with E-state index in [-0.39, 0.29) is 17.9 Å². The zero-order valence-corrected chi connectivity index (χ0v) is 11.2. The zero-order chi connectivity index (χ0) is 13.1. The summed E-state index contributed by atoms with van der Waals surface area (Å²) in [4.78, 5) is 24.9. The highest BCUT2D eigenvalue weighted by Gasteiger charge is 2.72. The van der Waals surface area contributed by atoms with Gasteiger partial charge in [0, 0.05) is 0 Å². The summed E-state index contributed by atoms with van der Waals surface area (Å²) in [6.45, 7) is 0. The van der Waals surface area contributed by atoms with E-state index in [1.165, 1.54) is 18.4 Å². The fraction of sp³-hybridized carbons (Fsp3) is 0.750. The van der Waals surface area contributed by atoms with E-state index in [9.17, 15) is 9.59 Å². The molecule has 3 nitrogen and oxygen atoms in total. The number of allylic oxidation sites excluding steroid dienone is 2. The molecule has 1 aliphatic heterocycles. The molecule has 19 heavy (non-hydrogen) atoms. The van der Waals surface area contributed by atoms with Gasteiger partial charge in [0.25, 0.3) is 0 Å². The number of esters is 2. The number of hydrogen-bond acceptors (Lipinski definition) is 3. The summed E-state index contributed by atoms with van der Waals surface area (Å²) in [5, 5.41) is 0. The van der Waals surface area contributed by atoms with E-state index in [1.54, 1.807) is 0 Å². The molecule has 102 valence electrons. The van der Waals surface area contributed by atoms with Gasteiger partial charge in [-0.1, -0.05) is 30.9 Å². The van der Waals surface area contributed by atoms with Crippen LogP contribution in [-0.2, 0) is 14.3 Å². The molecule has 0 radical (unpaired) electrons. The molecule has 0 aromatic heterocycles. The van der Waals surface area contributed by atoms with Crippen molar-refractivity contribution in [3.05, 3.63) is 11.6 Å². The van der Waals surface area contributed by atoms with E-state index >= 15 is 0 Å². The molecule has 0 spiro atoms. The van der Waals surface area contributed by atoms with Gasteiger partial charge in [-0.2, -0.15) is 0 Å². The highest BCUT2D eigenvalue weighted by Crippen LogP contribution is 2.67. The number of ether oxygens (including phenoxy) is 1. The Kier molecular flexibility index (Phi) is 2.28. The first-order chi connectivity index (χ1) is 9.21. The minimum absolute atomic E-state index is 0.199. The van der Waals surface area contributed by atoms with Gasteiger partial charge in [0.1, 0.15) is 0 Å². The molecule has 3 atom stereocenters. The predicted molar refractivity (Wildman–Crippen MR) is 69.1 cm³/mol. The van der Waals surface area contributed by atoms with E-state index in [1.807, 2.05) is 0 Å². The van der Waals surface area contributed by atoms with Crippen molar-refractivity contribution in [2.75, 3.05) is 0 Å². The third-order valence-corrected chi connectivity index (χ3v) is 6.18. The Labute approximate surface area is 113 Å². The van der Waals surface area contributed by atoms with Crippen molar-refractivity contribution in [3.8, 4) is 0 Å². The summed E-state index contributed by atoms with van der Waals surface area (Å²) in [6, 6.07) is 0. The summed E-state index contributed by atoms with van der Waals surface area (Å²) in [6.07, 6.45) is 11.4. The molecule has 4 rings (SSSR count). The number of carbonyl (C=O) groups excluding carboxylic acids is 2. The summed E-state index contributed by atoms with van der Waals surface area (Å²) in [5.41, 5.74) is 0.441. The van der Waals surface area contributed by atoms with Gasteiger partial charge in [0.05, 0.1) is 10.8 Å². The Balaban J connectivity index is 1.91. The lowest BCUT2D eigenvalue weighted by Crippen LogP contribution is -2.54. The normalized spacial score (nSPS) is 44.8. The Bertz CT molecular complexity index is 492. The van der Waals surface area contributed by atoms with E-state index in [0.29, 0.717) is 0 Å². The van der Waals surface area contributed by atoms with Crippen LogP contribution in [0.25, 0.3) is 0 Å². The van der Waals surface area contributed by atoms with Crippen molar-refractivity contribution >= 4 is 11.9 Å². The maximum atomic E-state index is 12.6. The van der Waals surface area contributed by atoms with E-state index in [0.717, 1.165) is 44.9 Å². The van der Waals surface area contributed by atoms with Crippen LogP contribution in [0.3, 0.4) is 0 Å². The Morgan fingerprint density at radius 3 is 2.79 bits per heavy atom. The molecule has 1 heterocycles. The first kappa shape index (κ1) is 11.7. The van der Waals surface area contributed by atoms with Gasteiger partial charge in [-0.05, 0) is 44.4 Å². The summed E-state index contributed by atoms with van der Waals surface area (Å²) in [5.74, 6) is -0.137. The molecule has 3 heteroatoms. The molecular formula is C16H20O3. The SMILES string of the molecule is O=C1OC(=O)C23CCCCC12CC=C1CCCCC13. The van der Waals surface area contributed by atoms with Gasteiger partial charge in [0.2, 0.25) is 0 Å². The van der Waals surface area contributed by atoms with Crippen molar-refractivity contribution in [2.24, 2.45) is 16.7 Å². The number of hydrogen-bond donors (Lipinski definition) is 0. The van der Waals surface area contributed by atoms with Crippen LogP contribution in [0.4, 0.5) is 0 Å². The van der Waals surface area contributed by atoms with Crippen LogP contribution < -0.4 is 0 Å². The van der Waals surface area contributed by atoms with Crippen molar-refractivity contribution in [1.29, 1.82) is 0 Å². The monoisotopic (exact) mass is 260 g/mol. The number of fused-ring (bicyclic) bond motifs is 1. The maximum absolute atomic E-state index is 12.6. The molecule has 2 saturated carbocycles. The topological polar surface area (TPSA) is 43.4 Å². The summed E-state index contributed by atoms with van der Waals surface area (Å²) >= 11 is 0. The molecule has 3 fully saturated rings. The van der Waals surface area contributed by atoms with Crippen LogP contribution in [0, 0.1) is 16.7 Å². The fourth-order valence-electron chi connectivity index (χ4n) is 5.31. The van der Waals surface area contributed by atoms with Gasteiger partial charge in [-0.25, -0.2) is 0 Å². The van der Waals surface area contributed by atoms with Crippen LogP contribution in [0.5, 0.6) is 0 Å². The van der Waals surface area contributed by atoms with Crippen LogP contribution in [0.1, 0.15) is 57.8 Å². The Morgan fingerprint density at radius 1 is 1.05 bits per heavy atom. The number of cyclic esters (lactones) is 2. The number of rotatable bonds is 0. The van der Waals surface area contributed by atoms with Crippen molar-refractivity contribution < 1.29 is 14.3 Å². The van der Waals surface area contributed by atoms with Gasteiger partial charge >= 0.3 is 11.9 Å². The average molecular weight is 260 g/mol. The fourth-order valence-corrected chi connectivity index (χ4v) is 5.31. The minimum atomic E-state index is -0.506. The van der Waals surface area contributed by atoms with Gasteiger partial charge in [0.15, 0.2) is 0 Å². The highest BCUT2D eigenvalue weighted by molar-refractivity contribution is 6.03. The van der Waals surface area contributed by atoms with Crippen molar-refractivity contribution in [2.45, 2.75) is 57.8 Å². The van der Waals surface area contributed by atoms with Gasteiger partial charge in [-0.15, -0.1) is 0 Å². The van der Waals surface area contributed by atoms with E-state index in [4.69, 9.17) is 4.74 Å². The molecule has 0 N–H and O–H groups in total. The molecular weight excluding hydrogens is 240 g/mol. The predicted octanol–water partition coefficient (Wildman–Crippen LogP) is 3.14. The molecule has 3 unspecified atom stereocenters. The summed E-state index contributed by atoms with van der Waals surface area (Å²) in [7, 11) is 0. The second kappa shape index (κ2) is 3.71. The smallest absolute Gasteiger partial charge is 0.321 e. The second-order valence-corrected chi connectivity index (χ2v) is 6.72. The Morgan fingerprint density at radius 2 is 1.89 bits per heavy atom. The minimum Gasteiger partial charge on any atom is -0.392 e. The highest BCUT2D eigenvalue weighted by atomic mass is 16.6. The number of carbonyl (C=O) groups is 2.